The molecule has 0 unspecified atom stereocenters. The van der Waals surface area contributed by atoms with Gasteiger partial charge in [-0.15, -0.1) is 12.4 Å². The third kappa shape index (κ3) is 7.44. The molecular weight excluding hydrogens is 476 g/mol. The number of likely N-dealkylation sites (N-methyl/N-ethyl adjacent to an activating group) is 1. The van der Waals surface area contributed by atoms with Gasteiger partial charge in [-0.05, 0) is 95.1 Å². The zero-order valence-corrected chi connectivity index (χ0v) is 23.9. The van der Waals surface area contributed by atoms with Crippen molar-refractivity contribution >= 4 is 12.4 Å². The van der Waals surface area contributed by atoms with Gasteiger partial charge in [0.2, 0.25) is 0 Å². The summed E-state index contributed by atoms with van der Waals surface area (Å²) < 4.78 is 21.9. The fourth-order valence-electron chi connectivity index (χ4n) is 5.32. The molecule has 0 amide bonds. The topological polar surface area (TPSA) is 52.2 Å². The average molecular weight is 521 g/mol. The smallest absolute Gasteiger partial charge is 0.122 e. The Bertz CT molecular complexity index is 963. The van der Waals surface area contributed by atoms with Crippen LogP contribution in [0.25, 0.3) is 0 Å². The third-order valence-electron chi connectivity index (χ3n) is 7.30. The summed E-state index contributed by atoms with van der Waals surface area (Å²) in [5.74, 6) is 4.97. The largest absolute Gasteiger partial charge is 0.496 e. The van der Waals surface area contributed by atoms with Crippen LogP contribution >= 0.6 is 12.4 Å². The average Bonchev–Trinajstić information content (AvgIpc) is 2.89. The van der Waals surface area contributed by atoms with Gasteiger partial charge in [0.25, 0.3) is 0 Å². The van der Waals surface area contributed by atoms with E-state index in [0.717, 1.165) is 53.8 Å². The van der Waals surface area contributed by atoms with Gasteiger partial charge in [-0.3, -0.25) is 0 Å². The van der Waals surface area contributed by atoms with Crippen LogP contribution < -0.4 is 24.3 Å². The second-order valence-electron chi connectivity index (χ2n) is 9.77. The zero-order valence-electron chi connectivity index (χ0n) is 23.1. The minimum Gasteiger partial charge on any atom is -0.496 e. The third-order valence-corrected chi connectivity index (χ3v) is 7.30. The summed E-state index contributed by atoms with van der Waals surface area (Å²) in [7, 11) is 9.12. The highest BCUT2D eigenvalue weighted by molar-refractivity contribution is 5.85. The predicted octanol–water partition coefficient (Wildman–Crippen LogP) is 5.72. The van der Waals surface area contributed by atoms with Gasteiger partial charge in [-0.25, -0.2) is 0 Å². The molecule has 4 rings (SSSR count). The van der Waals surface area contributed by atoms with Crippen LogP contribution in [0.2, 0.25) is 0 Å². The van der Waals surface area contributed by atoms with E-state index in [4.69, 9.17) is 18.9 Å². The van der Waals surface area contributed by atoms with Crippen LogP contribution in [0.1, 0.15) is 59.8 Å². The molecule has 2 atom stereocenters. The van der Waals surface area contributed by atoms with Gasteiger partial charge in [-0.1, -0.05) is 0 Å². The highest BCUT2D eigenvalue weighted by Gasteiger charge is 2.23. The Morgan fingerprint density at radius 3 is 1.67 bits per heavy atom. The monoisotopic (exact) mass is 520 g/mol. The molecule has 2 aliphatic rings. The lowest BCUT2D eigenvalue weighted by molar-refractivity contribution is 0.247. The SMILES string of the molecule is COc1cc([C@H]2CCCN(C)C2)c(OC)cc1C.COc1cc([C@H]2CCCNC2)c(OC)cc1C.Cl. The number of aryl methyl sites for hydroxylation is 2. The first kappa shape index (κ1) is 30.1. The van der Waals surface area contributed by atoms with Crippen molar-refractivity contribution in [1.82, 2.24) is 10.2 Å². The molecule has 0 bridgehead atoms. The molecule has 202 valence electrons. The Morgan fingerprint density at radius 1 is 0.722 bits per heavy atom. The first-order valence-electron chi connectivity index (χ1n) is 12.8. The number of rotatable bonds is 6. The summed E-state index contributed by atoms with van der Waals surface area (Å²) in [5.41, 5.74) is 4.80. The number of piperidine rings is 2. The quantitative estimate of drug-likeness (QED) is 0.525. The van der Waals surface area contributed by atoms with Gasteiger partial charge in [0.15, 0.2) is 0 Å². The first-order valence-corrected chi connectivity index (χ1v) is 12.8. The van der Waals surface area contributed by atoms with E-state index in [0.29, 0.717) is 11.8 Å². The molecule has 0 radical (unpaired) electrons. The number of methoxy groups -OCH3 is 4. The molecular formula is C29H45ClN2O4. The van der Waals surface area contributed by atoms with Crippen LogP contribution in [0, 0.1) is 13.8 Å². The summed E-state index contributed by atoms with van der Waals surface area (Å²) in [6.07, 6.45) is 4.92. The Balaban J connectivity index is 0.000000247. The maximum atomic E-state index is 5.54. The summed E-state index contributed by atoms with van der Waals surface area (Å²) in [6, 6.07) is 8.44. The number of nitrogens with one attached hydrogen (secondary N) is 1. The van der Waals surface area contributed by atoms with E-state index in [9.17, 15) is 0 Å². The van der Waals surface area contributed by atoms with E-state index >= 15 is 0 Å². The van der Waals surface area contributed by atoms with Gasteiger partial charge >= 0.3 is 0 Å². The van der Waals surface area contributed by atoms with E-state index in [2.05, 4.69) is 48.5 Å². The highest BCUT2D eigenvalue weighted by Crippen LogP contribution is 2.37. The molecule has 6 nitrogen and oxygen atoms in total. The summed E-state index contributed by atoms with van der Waals surface area (Å²) in [6.45, 7) is 8.55. The van der Waals surface area contributed by atoms with E-state index in [1.165, 1.54) is 43.4 Å². The van der Waals surface area contributed by atoms with Crippen LogP contribution in [-0.2, 0) is 0 Å². The van der Waals surface area contributed by atoms with Crippen LogP contribution in [0.5, 0.6) is 23.0 Å². The second-order valence-corrected chi connectivity index (χ2v) is 9.77. The maximum absolute atomic E-state index is 5.54. The lowest BCUT2D eigenvalue weighted by atomic mass is 9.89. The Morgan fingerprint density at radius 2 is 1.22 bits per heavy atom. The summed E-state index contributed by atoms with van der Waals surface area (Å²) in [4.78, 5) is 2.39. The Labute approximate surface area is 224 Å². The molecule has 2 aromatic carbocycles. The van der Waals surface area contributed by atoms with Gasteiger partial charge in [0.05, 0.1) is 28.4 Å². The molecule has 2 aliphatic heterocycles. The van der Waals surface area contributed by atoms with Crippen LogP contribution in [0.4, 0.5) is 0 Å². The molecule has 2 heterocycles. The molecule has 2 aromatic rings. The van der Waals surface area contributed by atoms with Gasteiger partial charge < -0.3 is 29.2 Å². The van der Waals surface area contributed by atoms with E-state index in [1.807, 2.05) is 6.92 Å². The number of halogens is 1. The van der Waals surface area contributed by atoms with Crippen molar-refractivity contribution in [2.24, 2.45) is 0 Å². The molecule has 2 fully saturated rings. The minimum atomic E-state index is 0. The van der Waals surface area contributed by atoms with Crippen LogP contribution in [-0.4, -0.2) is 66.6 Å². The number of hydrogen-bond acceptors (Lipinski definition) is 6. The van der Waals surface area contributed by atoms with Crippen molar-refractivity contribution in [2.75, 3.05) is 61.7 Å². The van der Waals surface area contributed by atoms with Crippen molar-refractivity contribution in [3.8, 4) is 23.0 Å². The van der Waals surface area contributed by atoms with Gasteiger partial charge in [0.1, 0.15) is 23.0 Å². The van der Waals surface area contributed by atoms with Crippen molar-refractivity contribution in [1.29, 1.82) is 0 Å². The molecule has 36 heavy (non-hydrogen) atoms. The molecule has 0 aliphatic carbocycles. The first-order chi connectivity index (χ1) is 16.9. The number of hydrogen-bond donors (Lipinski definition) is 1. The van der Waals surface area contributed by atoms with E-state index < -0.39 is 0 Å². The lowest BCUT2D eigenvalue weighted by Crippen LogP contribution is -2.31. The summed E-state index contributed by atoms with van der Waals surface area (Å²) in [5, 5.41) is 3.44. The number of benzene rings is 2. The zero-order chi connectivity index (χ0) is 25.4. The summed E-state index contributed by atoms with van der Waals surface area (Å²) >= 11 is 0. The highest BCUT2D eigenvalue weighted by atomic mass is 35.5. The van der Waals surface area contributed by atoms with Crippen molar-refractivity contribution in [3.63, 3.8) is 0 Å². The van der Waals surface area contributed by atoms with Gasteiger partial charge in [0, 0.05) is 36.1 Å². The fraction of sp³-hybridized carbons (Fsp3) is 0.586. The van der Waals surface area contributed by atoms with Crippen molar-refractivity contribution in [3.05, 3.63) is 46.5 Å². The number of likely N-dealkylation sites (tertiary alicyclic amines) is 1. The number of ether oxygens (including phenoxy) is 4. The van der Waals surface area contributed by atoms with Crippen molar-refractivity contribution in [2.45, 2.75) is 51.4 Å². The molecule has 2 saturated heterocycles. The van der Waals surface area contributed by atoms with Crippen molar-refractivity contribution < 1.29 is 18.9 Å². The number of nitrogens with zero attached hydrogens (tertiary/aromatic N) is 1. The molecule has 0 aromatic heterocycles. The molecule has 7 heteroatoms. The second kappa shape index (κ2) is 14.6. The predicted molar refractivity (Wildman–Crippen MR) is 150 cm³/mol. The Kier molecular flexibility index (Phi) is 12.2. The normalized spacial score (nSPS) is 19.9. The standard InChI is InChI=1S/C15H23NO2.C14H21NO2.ClH/c1-11-8-15(18-4)13(9-14(11)17-3)12-6-5-7-16(2)10-12;1-10-7-14(17-3)12(8-13(10)16-2)11-5-4-6-15-9-11;/h8-9,12H,5-7,10H2,1-4H3;7-8,11,15H,4-6,9H2,1-3H3;1H/t12-;11-;/m00./s1. The lowest BCUT2D eigenvalue weighted by Gasteiger charge is -2.31. The van der Waals surface area contributed by atoms with E-state index in [1.54, 1.807) is 28.4 Å². The van der Waals surface area contributed by atoms with E-state index in [-0.39, 0.29) is 12.4 Å². The maximum Gasteiger partial charge on any atom is 0.122 e. The minimum absolute atomic E-state index is 0. The van der Waals surface area contributed by atoms with Gasteiger partial charge in [-0.2, -0.15) is 0 Å². The molecule has 0 spiro atoms. The fourth-order valence-corrected chi connectivity index (χ4v) is 5.32. The van der Waals surface area contributed by atoms with Crippen LogP contribution in [0.3, 0.4) is 0 Å². The molecule has 1 N–H and O–H groups in total. The Hall–Kier alpha value is -2.15. The van der Waals surface area contributed by atoms with Crippen LogP contribution in [0.15, 0.2) is 24.3 Å². The molecule has 0 saturated carbocycles.